The molecule has 2 rings (SSSR count). The molecule has 0 saturated carbocycles. The smallest absolute Gasteiger partial charge is 0.243 e. The molecule has 1 saturated heterocycles. The Labute approximate surface area is 119 Å². The number of piperidine rings is 1. The van der Waals surface area contributed by atoms with Crippen LogP contribution in [0, 0.1) is 5.92 Å². The fourth-order valence-corrected chi connectivity index (χ4v) is 4.14. The minimum absolute atomic E-state index is 0.321. The SMILES string of the molecule is CNC[C@H]1CCCN(S(=O)(=O)c2ccc(Cl)cc2)C1. The van der Waals surface area contributed by atoms with Crippen LogP contribution in [-0.2, 0) is 10.0 Å². The molecule has 19 heavy (non-hydrogen) atoms. The topological polar surface area (TPSA) is 49.4 Å². The third kappa shape index (κ3) is 3.48. The van der Waals surface area contributed by atoms with Gasteiger partial charge in [0.1, 0.15) is 0 Å². The number of halogens is 1. The summed E-state index contributed by atoms with van der Waals surface area (Å²) in [5.41, 5.74) is 0. The number of hydrogen-bond acceptors (Lipinski definition) is 3. The molecule has 0 radical (unpaired) electrons. The van der Waals surface area contributed by atoms with E-state index >= 15 is 0 Å². The van der Waals surface area contributed by atoms with Gasteiger partial charge in [-0.15, -0.1) is 0 Å². The van der Waals surface area contributed by atoms with Gasteiger partial charge in [-0.3, -0.25) is 0 Å². The summed E-state index contributed by atoms with van der Waals surface area (Å²) < 4.78 is 26.6. The van der Waals surface area contributed by atoms with Gasteiger partial charge in [-0.05, 0) is 56.6 Å². The van der Waals surface area contributed by atoms with Gasteiger partial charge in [0, 0.05) is 18.1 Å². The lowest BCUT2D eigenvalue weighted by Crippen LogP contribution is -2.42. The molecule has 1 aliphatic heterocycles. The van der Waals surface area contributed by atoms with Crippen LogP contribution in [0.15, 0.2) is 29.2 Å². The molecule has 106 valence electrons. The number of sulfonamides is 1. The van der Waals surface area contributed by atoms with Crippen molar-refractivity contribution in [3.63, 3.8) is 0 Å². The van der Waals surface area contributed by atoms with Crippen molar-refractivity contribution < 1.29 is 8.42 Å². The van der Waals surface area contributed by atoms with Crippen molar-refractivity contribution in [1.29, 1.82) is 0 Å². The van der Waals surface area contributed by atoms with Crippen molar-refractivity contribution in [2.24, 2.45) is 5.92 Å². The Balaban J connectivity index is 2.17. The molecule has 1 aliphatic rings. The Hall–Kier alpha value is -0.620. The Morgan fingerprint density at radius 2 is 2.05 bits per heavy atom. The number of benzene rings is 1. The molecule has 6 heteroatoms. The van der Waals surface area contributed by atoms with Crippen molar-refractivity contribution in [1.82, 2.24) is 9.62 Å². The van der Waals surface area contributed by atoms with Crippen LogP contribution in [0.2, 0.25) is 5.02 Å². The second-order valence-electron chi connectivity index (χ2n) is 4.88. The number of nitrogens with zero attached hydrogens (tertiary/aromatic N) is 1. The average Bonchev–Trinajstić information content (AvgIpc) is 2.40. The molecule has 1 atom stereocenters. The van der Waals surface area contributed by atoms with E-state index in [4.69, 9.17) is 11.6 Å². The van der Waals surface area contributed by atoms with Gasteiger partial charge in [0.15, 0.2) is 0 Å². The van der Waals surface area contributed by atoms with E-state index in [1.165, 1.54) is 0 Å². The van der Waals surface area contributed by atoms with Gasteiger partial charge in [0.25, 0.3) is 0 Å². The van der Waals surface area contributed by atoms with Gasteiger partial charge < -0.3 is 5.32 Å². The zero-order valence-electron chi connectivity index (χ0n) is 11.0. The van der Waals surface area contributed by atoms with Crippen LogP contribution in [0.5, 0.6) is 0 Å². The molecule has 1 fully saturated rings. The third-order valence-corrected chi connectivity index (χ3v) is 5.56. The lowest BCUT2D eigenvalue weighted by Gasteiger charge is -2.31. The minimum Gasteiger partial charge on any atom is -0.319 e. The van der Waals surface area contributed by atoms with Crippen LogP contribution < -0.4 is 5.32 Å². The minimum atomic E-state index is -3.38. The normalized spacial score (nSPS) is 21.5. The molecule has 4 nitrogen and oxygen atoms in total. The van der Waals surface area contributed by atoms with E-state index in [0.717, 1.165) is 19.4 Å². The quantitative estimate of drug-likeness (QED) is 0.925. The molecule has 1 aromatic carbocycles. The maximum absolute atomic E-state index is 12.5. The van der Waals surface area contributed by atoms with E-state index < -0.39 is 10.0 Å². The average molecular weight is 303 g/mol. The van der Waals surface area contributed by atoms with Gasteiger partial charge >= 0.3 is 0 Å². The van der Waals surface area contributed by atoms with Gasteiger partial charge in [0.2, 0.25) is 10.0 Å². The van der Waals surface area contributed by atoms with Crippen molar-refractivity contribution in [3.05, 3.63) is 29.3 Å². The summed E-state index contributed by atoms with van der Waals surface area (Å²) in [5.74, 6) is 0.390. The maximum Gasteiger partial charge on any atom is 0.243 e. The highest BCUT2D eigenvalue weighted by Crippen LogP contribution is 2.24. The van der Waals surface area contributed by atoms with Crippen LogP contribution >= 0.6 is 11.6 Å². The first-order valence-corrected chi connectivity index (χ1v) is 8.26. The van der Waals surface area contributed by atoms with Crippen LogP contribution in [0.25, 0.3) is 0 Å². The van der Waals surface area contributed by atoms with Gasteiger partial charge in [-0.1, -0.05) is 11.6 Å². The first-order valence-electron chi connectivity index (χ1n) is 6.44. The molecule has 0 bridgehead atoms. The number of hydrogen-bond donors (Lipinski definition) is 1. The lowest BCUT2D eigenvalue weighted by molar-refractivity contribution is 0.263. The lowest BCUT2D eigenvalue weighted by atomic mass is 10.00. The molecular weight excluding hydrogens is 284 g/mol. The highest BCUT2D eigenvalue weighted by Gasteiger charge is 2.29. The molecule has 0 unspecified atom stereocenters. The number of nitrogens with one attached hydrogen (secondary N) is 1. The van der Waals surface area contributed by atoms with Crippen LogP contribution in [0.1, 0.15) is 12.8 Å². The summed E-state index contributed by atoms with van der Waals surface area (Å²) in [5, 5.41) is 3.66. The van der Waals surface area contributed by atoms with E-state index in [2.05, 4.69) is 5.32 Å². The predicted octanol–water partition coefficient (Wildman–Crippen LogP) is 1.96. The highest BCUT2D eigenvalue weighted by molar-refractivity contribution is 7.89. The zero-order valence-corrected chi connectivity index (χ0v) is 12.5. The van der Waals surface area contributed by atoms with Crippen molar-refractivity contribution in [3.8, 4) is 0 Å². The standard InChI is InChI=1S/C13H19ClN2O2S/c1-15-9-11-3-2-8-16(10-11)19(17,18)13-6-4-12(14)5-7-13/h4-7,11,15H,2-3,8-10H2,1H3/t11-/m1/s1. The summed E-state index contributed by atoms with van der Waals surface area (Å²) in [6.45, 7) is 2.05. The van der Waals surface area contributed by atoms with Crippen LogP contribution in [0.4, 0.5) is 0 Å². The summed E-state index contributed by atoms with van der Waals surface area (Å²) in [6.07, 6.45) is 1.99. The molecule has 0 spiro atoms. The van der Waals surface area contributed by atoms with Gasteiger partial charge in [0.05, 0.1) is 4.90 Å². The summed E-state index contributed by atoms with van der Waals surface area (Å²) in [7, 11) is -1.49. The molecular formula is C13H19ClN2O2S. The van der Waals surface area contributed by atoms with E-state index in [9.17, 15) is 8.42 Å². The molecule has 1 heterocycles. The fraction of sp³-hybridized carbons (Fsp3) is 0.538. The monoisotopic (exact) mass is 302 g/mol. The van der Waals surface area contributed by atoms with Crippen molar-refractivity contribution in [2.45, 2.75) is 17.7 Å². The first-order chi connectivity index (χ1) is 9.04. The number of rotatable bonds is 4. The fourth-order valence-electron chi connectivity index (χ4n) is 2.46. The Morgan fingerprint density at radius 3 is 2.68 bits per heavy atom. The summed E-state index contributed by atoms with van der Waals surface area (Å²) in [6, 6.07) is 6.37. The van der Waals surface area contributed by atoms with Crippen molar-refractivity contribution >= 4 is 21.6 Å². The van der Waals surface area contributed by atoms with Crippen molar-refractivity contribution in [2.75, 3.05) is 26.7 Å². The molecule has 0 amide bonds. The van der Waals surface area contributed by atoms with Crippen LogP contribution in [-0.4, -0.2) is 39.4 Å². The Kier molecular flexibility index (Phi) is 4.84. The predicted molar refractivity (Wildman–Crippen MR) is 76.9 cm³/mol. The molecule has 1 aromatic rings. The molecule has 0 aromatic heterocycles. The highest BCUT2D eigenvalue weighted by atomic mass is 35.5. The summed E-state index contributed by atoms with van der Waals surface area (Å²) >= 11 is 5.80. The maximum atomic E-state index is 12.5. The van der Waals surface area contributed by atoms with E-state index in [1.54, 1.807) is 28.6 Å². The third-order valence-electron chi connectivity index (χ3n) is 3.43. The molecule has 1 N–H and O–H groups in total. The second-order valence-corrected chi connectivity index (χ2v) is 7.26. The van der Waals surface area contributed by atoms with E-state index in [-0.39, 0.29) is 0 Å². The van der Waals surface area contributed by atoms with Gasteiger partial charge in [-0.2, -0.15) is 4.31 Å². The second kappa shape index (κ2) is 6.22. The molecule has 0 aliphatic carbocycles. The summed E-state index contributed by atoms with van der Waals surface area (Å²) in [4.78, 5) is 0.321. The van der Waals surface area contributed by atoms with Gasteiger partial charge in [-0.25, -0.2) is 8.42 Å². The Morgan fingerprint density at radius 1 is 1.37 bits per heavy atom. The zero-order chi connectivity index (χ0) is 13.9. The first kappa shape index (κ1) is 14.8. The largest absolute Gasteiger partial charge is 0.319 e. The Bertz CT molecular complexity index is 514. The van der Waals surface area contributed by atoms with Crippen LogP contribution in [0.3, 0.4) is 0 Å². The van der Waals surface area contributed by atoms with E-state index in [0.29, 0.717) is 28.9 Å². The van der Waals surface area contributed by atoms with E-state index in [1.807, 2.05) is 7.05 Å².